The zero-order valence-corrected chi connectivity index (χ0v) is 14.1. The average Bonchev–Trinajstić information content (AvgIpc) is 2.46. The summed E-state index contributed by atoms with van der Waals surface area (Å²) < 4.78 is 5.03. The van der Waals surface area contributed by atoms with Crippen molar-refractivity contribution in [3.63, 3.8) is 0 Å². The standard InChI is InChI=1S/C17H28N2O3/c1-13(2)15-7-5-6-14(3)17(15)18-16(21)12-19(8-10-20)9-11-22-4/h5-7,13,20H,8-12H2,1-4H3,(H,18,21). The molecule has 0 atom stereocenters. The Morgan fingerprint density at radius 1 is 1.36 bits per heavy atom. The maximum atomic E-state index is 12.3. The number of amides is 1. The molecule has 5 nitrogen and oxygen atoms in total. The lowest BCUT2D eigenvalue weighted by atomic mass is 9.98. The third kappa shape index (κ3) is 5.75. The van der Waals surface area contributed by atoms with Gasteiger partial charge in [0.1, 0.15) is 0 Å². The molecule has 0 radical (unpaired) electrons. The molecule has 0 spiro atoms. The van der Waals surface area contributed by atoms with Crippen molar-refractivity contribution >= 4 is 11.6 Å². The Morgan fingerprint density at radius 3 is 2.68 bits per heavy atom. The normalized spacial score (nSPS) is 11.2. The Kier molecular flexibility index (Phi) is 8.09. The maximum absolute atomic E-state index is 12.3. The molecule has 1 aromatic carbocycles. The zero-order valence-electron chi connectivity index (χ0n) is 14.1. The summed E-state index contributed by atoms with van der Waals surface area (Å²) in [6.07, 6.45) is 0. The Balaban J connectivity index is 2.75. The number of anilines is 1. The monoisotopic (exact) mass is 308 g/mol. The van der Waals surface area contributed by atoms with E-state index in [2.05, 4.69) is 19.2 Å². The number of nitrogens with zero attached hydrogens (tertiary/aromatic N) is 1. The van der Waals surface area contributed by atoms with Gasteiger partial charge in [0.2, 0.25) is 5.91 Å². The maximum Gasteiger partial charge on any atom is 0.238 e. The molecular formula is C17H28N2O3. The first-order valence-corrected chi connectivity index (χ1v) is 7.71. The van der Waals surface area contributed by atoms with Gasteiger partial charge in [-0.15, -0.1) is 0 Å². The molecule has 0 saturated carbocycles. The van der Waals surface area contributed by atoms with Crippen molar-refractivity contribution in [3.8, 4) is 0 Å². The number of rotatable bonds is 9. The first kappa shape index (κ1) is 18.6. The number of nitrogens with one attached hydrogen (secondary N) is 1. The van der Waals surface area contributed by atoms with Gasteiger partial charge in [0.15, 0.2) is 0 Å². The molecule has 5 heteroatoms. The summed E-state index contributed by atoms with van der Waals surface area (Å²) in [6, 6.07) is 6.05. The molecule has 0 aliphatic carbocycles. The molecule has 1 aromatic rings. The Morgan fingerprint density at radius 2 is 2.09 bits per heavy atom. The number of ether oxygens (including phenoxy) is 1. The number of aliphatic hydroxyl groups excluding tert-OH is 1. The van der Waals surface area contributed by atoms with Crippen LogP contribution in [0.15, 0.2) is 18.2 Å². The second-order valence-electron chi connectivity index (χ2n) is 5.73. The van der Waals surface area contributed by atoms with Crippen LogP contribution in [0.2, 0.25) is 0 Å². The van der Waals surface area contributed by atoms with Gasteiger partial charge < -0.3 is 15.2 Å². The van der Waals surface area contributed by atoms with Crippen LogP contribution >= 0.6 is 0 Å². The van der Waals surface area contributed by atoms with E-state index in [1.807, 2.05) is 30.0 Å². The van der Waals surface area contributed by atoms with Gasteiger partial charge in [-0.05, 0) is 24.0 Å². The van der Waals surface area contributed by atoms with Crippen LogP contribution in [0.4, 0.5) is 5.69 Å². The third-order valence-corrected chi connectivity index (χ3v) is 3.59. The number of carbonyl (C=O) groups excluding carboxylic acids is 1. The minimum absolute atomic E-state index is 0.0264. The number of aliphatic hydroxyl groups is 1. The van der Waals surface area contributed by atoms with Crippen LogP contribution in [0.25, 0.3) is 0 Å². The average molecular weight is 308 g/mol. The summed E-state index contributed by atoms with van der Waals surface area (Å²) >= 11 is 0. The molecule has 22 heavy (non-hydrogen) atoms. The highest BCUT2D eigenvalue weighted by molar-refractivity contribution is 5.93. The highest BCUT2D eigenvalue weighted by atomic mass is 16.5. The van der Waals surface area contributed by atoms with Gasteiger partial charge in [-0.25, -0.2) is 0 Å². The van der Waals surface area contributed by atoms with Gasteiger partial charge in [0, 0.05) is 25.9 Å². The Bertz CT molecular complexity index is 475. The molecule has 0 unspecified atom stereocenters. The predicted molar refractivity (Wildman–Crippen MR) is 89.3 cm³/mol. The summed E-state index contributed by atoms with van der Waals surface area (Å²) in [6.45, 7) is 8.11. The summed E-state index contributed by atoms with van der Waals surface area (Å²) in [5.74, 6) is 0.276. The van der Waals surface area contributed by atoms with Crippen LogP contribution in [0.1, 0.15) is 30.9 Å². The van der Waals surface area contributed by atoms with Crippen molar-refractivity contribution in [2.45, 2.75) is 26.7 Å². The molecule has 124 valence electrons. The Labute approximate surface area is 133 Å². The third-order valence-electron chi connectivity index (χ3n) is 3.59. The van der Waals surface area contributed by atoms with Crippen LogP contribution < -0.4 is 5.32 Å². The highest BCUT2D eigenvalue weighted by Gasteiger charge is 2.14. The van der Waals surface area contributed by atoms with Crippen molar-refractivity contribution in [1.29, 1.82) is 0 Å². The number of para-hydroxylation sites is 1. The molecule has 0 aliphatic heterocycles. The van der Waals surface area contributed by atoms with Crippen molar-refractivity contribution in [1.82, 2.24) is 4.90 Å². The number of benzene rings is 1. The minimum Gasteiger partial charge on any atom is -0.395 e. The molecule has 0 fully saturated rings. The van der Waals surface area contributed by atoms with Crippen molar-refractivity contribution in [2.75, 3.05) is 45.3 Å². The lowest BCUT2D eigenvalue weighted by Gasteiger charge is -2.22. The Hall–Kier alpha value is -1.43. The van der Waals surface area contributed by atoms with Gasteiger partial charge in [-0.1, -0.05) is 32.0 Å². The topological polar surface area (TPSA) is 61.8 Å². The van der Waals surface area contributed by atoms with Crippen LogP contribution in [0.3, 0.4) is 0 Å². The van der Waals surface area contributed by atoms with E-state index in [1.165, 1.54) is 0 Å². The summed E-state index contributed by atoms with van der Waals surface area (Å²) in [5.41, 5.74) is 3.10. The molecule has 2 N–H and O–H groups in total. The largest absolute Gasteiger partial charge is 0.395 e. The summed E-state index contributed by atoms with van der Waals surface area (Å²) in [7, 11) is 1.62. The number of carbonyl (C=O) groups is 1. The molecular weight excluding hydrogens is 280 g/mol. The predicted octanol–water partition coefficient (Wildman–Crippen LogP) is 2.00. The minimum atomic E-state index is -0.0687. The second kappa shape index (κ2) is 9.56. The smallest absolute Gasteiger partial charge is 0.238 e. The number of methoxy groups -OCH3 is 1. The fourth-order valence-corrected chi connectivity index (χ4v) is 2.36. The lowest BCUT2D eigenvalue weighted by molar-refractivity contribution is -0.117. The molecule has 0 saturated heterocycles. The van der Waals surface area contributed by atoms with Crippen molar-refractivity contribution in [2.24, 2.45) is 0 Å². The SMILES string of the molecule is COCCN(CCO)CC(=O)Nc1c(C)cccc1C(C)C. The second-order valence-corrected chi connectivity index (χ2v) is 5.73. The van der Waals surface area contributed by atoms with Crippen LogP contribution in [-0.4, -0.2) is 55.9 Å². The first-order valence-electron chi connectivity index (χ1n) is 7.71. The molecule has 1 amide bonds. The fourth-order valence-electron chi connectivity index (χ4n) is 2.36. The van der Waals surface area contributed by atoms with E-state index in [1.54, 1.807) is 7.11 Å². The van der Waals surface area contributed by atoms with Gasteiger partial charge in [0.25, 0.3) is 0 Å². The summed E-state index contributed by atoms with van der Waals surface area (Å²) in [4.78, 5) is 14.2. The van der Waals surface area contributed by atoms with E-state index in [4.69, 9.17) is 9.84 Å². The van der Waals surface area contributed by atoms with E-state index in [0.29, 0.717) is 25.6 Å². The summed E-state index contributed by atoms with van der Waals surface area (Å²) in [5, 5.41) is 12.1. The molecule has 0 aromatic heterocycles. The van der Waals surface area contributed by atoms with E-state index in [-0.39, 0.29) is 19.1 Å². The van der Waals surface area contributed by atoms with Gasteiger partial charge in [0.05, 0.1) is 19.8 Å². The zero-order chi connectivity index (χ0) is 16.5. The van der Waals surface area contributed by atoms with Crippen LogP contribution in [-0.2, 0) is 9.53 Å². The molecule has 1 rings (SSSR count). The molecule has 0 aliphatic rings. The quantitative estimate of drug-likeness (QED) is 0.732. The van der Waals surface area contributed by atoms with Gasteiger partial charge in [-0.2, -0.15) is 0 Å². The van der Waals surface area contributed by atoms with E-state index < -0.39 is 0 Å². The molecule has 0 heterocycles. The van der Waals surface area contributed by atoms with Gasteiger partial charge >= 0.3 is 0 Å². The number of hydrogen-bond donors (Lipinski definition) is 2. The lowest BCUT2D eigenvalue weighted by Crippen LogP contribution is -2.37. The molecule has 0 bridgehead atoms. The van der Waals surface area contributed by atoms with Crippen molar-refractivity contribution in [3.05, 3.63) is 29.3 Å². The highest BCUT2D eigenvalue weighted by Crippen LogP contribution is 2.27. The number of hydrogen-bond acceptors (Lipinski definition) is 4. The fraction of sp³-hybridized carbons (Fsp3) is 0.588. The van der Waals surface area contributed by atoms with E-state index >= 15 is 0 Å². The number of aryl methyl sites for hydroxylation is 1. The van der Waals surface area contributed by atoms with Gasteiger partial charge in [-0.3, -0.25) is 9.69 Å². The van der Waals surface area contributed by atoms with Crippen LogP contribution in [0.5, 0.6) is 0 Å². The van der Waals surface area contributed by atoms with Crippen LogP contribution in [0, 0.1) is 6.92 Å². The van der Waals surface area contributed by atoms with Crippen molar-refractivity contribution < 1.29 is 14.6 Å². The van der Waals surface area contributed by atoms with E-state index in [0.717, 1.165) is 16.8 Å². The van der Waals surface area contributed by atoms with E-state index in [9.17, 15) is 4.79 Å². The first-order chi connectivity index (χ1) is 10.5.